The lowest BCUT2D eigenvalue weighted by atomic mass is 9.98. The average Bonchev–Trinajstić information content (AvgIpc) is 2.48. The maximum Gasteiger partial charge on any atom is 0.132 e. The summed E-state index contributed by atoms with van der Waals surface area (Å²) in [5.74, 6) is 0.102. The fourth-order valence-corrected chi connectivity index (χ4v) is 2.03. The van der Waals surface area contributed by atoms with Crippen molar-refractivity contribution in [3.8, 4) is 5.75 Å². The Kier molecular flexibility index (Phi) is 2.64. The highest BCUT2D eigenvalue weighted by Crippen LogP contribution is 2.37. The summed E-state index contributed by atoms with van der Waals surface area (Å²) in [5, 5.41) is 9.57. The van der Waals surface area contributed by atoms with Gasteiger partial charge >= 0.3 is 0 Å². The summed E-state index contributed by atoms with van der Waals surface area (Å²) in [6.07, 6.45) is -0.235. The molecule has 0 spiro atoms. The molecule has 2 rings (SSSR count). The third-order valence-electron chi connectivity index (χ3n) is 2.76. The lowest BCUT2D eigenvalue weighted by molar-refractivity contribution is 0.138. The Balaban J connectivity index is 2.41. The number of rotatable bonds is 2. The summed E-state index contributed by atoms with van der Waals surface area (Å²) in [6, 6.07) is 2.98. The Labute approximate surface area is 94.0 Å². The van der Waals surface area contributed by atoms with Gasteiger partial charge in [0, 0.05) is 24.6 Å². The van der Waals surface area contributed by atoms with E-state index >= 15 is 0 Å². The molecule has 1 unspecified atom stereocenters. The van der Waals surface area contributed by atoms with Crippen LogP contribution in [0.5, 0.6) is 5.75 Å². The Morgan fingerprint density at radius 3 is 2.88 bits per heavy atom. The van der Waals surface area contributed by atoms with Gasteiger partial charge in [-0.25, -0.2) is 4.39 Å². The minimum Gasteiger partial charge on any atom is -0.487 e. The number of aliphatic hydroxyl groups is 1. The minimum atomic E-state index is -0.950. The maximum absolute atomic E-state index is 13.6. The number of hydrogen-bond acceptors (Lipinski definition) is 3. The van der Waals surface area contributed by atoms with Crippen molar-refractivity contribution in [1.82, 2.24) is 0 Å². The minimum absolute atomic E-state index is 0.0138. The molecular weight excluding hydrogens is 209 g/mol. The molecule has 1 aliphatic heterocycles. The molecule has 1 aromatic carbocycles. The lowest BCUT2D eigenvalue weighted by Crippen LogP contribution is -2.24. The largest absolute Gasteiger partial charge is 0.487 e. The predicted octanol–water partition coefficient (Wildman–Crippen LogP) is 1.53. The predicted molar refractivity (Wildman–Crippen MR) is 58.8 cm³/mol. The van der Waals surface area contributed by atoms with Gasteiger partial charge in [0.15, 0.2) is 0 Å². The van der Waals surface area contributed by atoms with Crippen molar-refractivity contribution in [1.29, 1.82) is 0 Å². The summed E-state index contributed by atoms with van der Waals surface area (Å²) in [7, 11) is 0. The molecule has 1 aliphatic rings. The van der Waals surface area contributed by atoms with Gasteiger partial charge in [0.25, 0.3) is 0 Å². The van der Waals surface area contributed by atoms with E-state index in [4.69, 9.17) is 10.5 Å². The Morgan fingerprint density at radius 2 is 2.25 bits per heavy atom. The van der Waals surface area contributed by atoms with Gasteiger partial charge in [0.05, 0.1) is 6.10 Å². The summed E-state index contributed by atoms with van der Waals surface area (Å²) in [6.45, 7) is 3.91. The molecule has 3 nitrogen and oxygen atoms in total. The van der Waals surface area contributed by atoms with Crippen LogP contribution in [0.15, 0.2) is 12.1 Å². The van der Waals surface area contributed by atoms with E-state index in [0.717, 1.165) is 5.56 Å². The smallest absolute Gasteiger partial charge is 0.132 e. The number of halogens is 1. The zero-order valence-corrected chi connectivity index (χ0v) is 9.46. The molecule has 88 valence electrons. The van der Waals surface area contributed by atoms with Crippen LogP contribution in [0.2, 0.25) is 0 Å². The van der Waals surface area contributed by atoms with Crippen molar-refractivity contribution in [3.05, 3.63) is 29.1 Å². The van der Waals surface area contributed by atoms with E-state index in [9.17, 15) is 9.50 Å². The zero-order chi connectivity index (χ0) is 11.9. The Morgan fingerprint density at radius 1 is 1.56 bits per heavy atom. The van der Waals surface area contributed by atoms with E-state index in [1.165, 1.54) is 6.07 Å². The third kappa shape index (κ3) is 1.90. The van der Waals surface area contributed by atoms with E-state index < -0.39 is 11.9 Å². The molecule has 0 fully saturated rings. The first kappa shape index (κ1) is 11.4. The molecule has 16 heavy (non-hydrogen) atoms. The van der Waals surface area contributed by atoms with E-state index in [0.29, 0.717) is 12.2 Å². The molecule has 4 heteroatoms. The van der Waals surface area contributed by atoms with Gasteiger partial charge in [-0.1, -0.05) is 0 Å². The van der Waals surface area contributed by atoms with E-state index in [1.807, 2.05) is 13.8 Å². The molecule has 0 saturated heterocycles. The topological polar surface area (TPSA) is 55.5 Å². The van der Waals surface area contributed by atoms with E-state index in [1.54, 1.807) is 6.07 Å². The zero-order valence-electron chi connectivity index (χ0n) is 9.46. The van der Waals surface area contributed by atoms with Crippen molar-refractivity contribution in [2.45, 2.75) is 32.0 Å². The van der Waals surface area contributed by atoms with Gasteiger partial charge in [0.1, 0.15) is 17.2 Å². The Hall–Kier alpha value is -1.13. The quantitative estimate of drug-likeness (QED) is 0.802. The summed E-state index contributed by atoms with van der Waals surface area (Å²) in [4.78, 5) is 0. The highest BCUT2D eigenvalue weighted by atomic mass is 19.1. The third-order valence-corrected chi connectivity index (χ3v) is 2.76. The number of fused-ring (bicyclic) bond motifs is 1. The van der Waals surface area contributed by atoms with Crippen LogP contribution in [0.3, 0.4) is 0 Å². The second-order valence-electron chi connectivity index (χ2n) is 4.77. The summed E-state index contributed by atoms with van der Waals surface area (Å²) in [5.41, 5.74) is 6.20. The second-order valence-corrected chi connectivity index (χ2v) is 4.77. The molecule has 1 aromatic rings. The van der Waals surface area contributed by atoms with Crippen molar-refractivity contribution < 1.29 is 14.2 Å². The normalized spacial score (nSPS) is 19.1. The van der Waals surface area contributed by atoms with Gasteiger partial charge in [-0.2, -0.15) is 0 Å². The van der Waals surface area contributed by atoms with Crippen LogP contribution < -0.4 is 10.5 Å². The maximum atomic E-state index is 13.6. The number of ether oxygens (including phenoxy) is 1. The van der Waals surface area contributed by atoms with Crippen LogP contribution in [0, 0.1) is 5.82 Å². The van der Waals surface area contributed by atoms with Crippen molar-refractivity contribution in [2.75, 3.05) is 6.54 Å². The number of aliphatic hydroxyl groups excluding tert-OH is 1. The van der Waals surface area contributed by atoms with Gasteiger partial charge in [0.2, 0.25) is 0 Å². The number of nitrogens with two attached hydrogens (primary N) is 1. The highest BCUT2D eigenvalue weighted by molar-refractivity contribution is 5.43. The molecule has 1 heterocycles. The SMILES string of the molecule is CC1(C)Cc2cc(C(O)CN)c(F)cc2O1. The molecule has 0 saturated carbocycles. The van der Waals surface area contributed by atoms with Crippen LogP contribution in [0.25, 0.3) is 0 Å². The van der Waals surface area contributed by atoms with Crippen molar-refractivity contribution >= 4 is 0 Å². The number of benzene rings is 1. The fraction of sp³-hybridized carbons (Fsp3) is 0.500. The molecule has 0 aromatic heterocycles. The first-order chi connectivity index (χ1) is 7.43. The molecule has 0 radical (unpaired) electrons. The Bertz CT molecular complexity index is 418. The first-order valence-electron chi connectivity index (χ1n) is 5.32. The fourth-order valence-electron chi connectivity index (χ4n) is 2.03. The van der Waals surface area contributed by atoms with Crippen LogP contribution in [0.1, 0.15) is 31.1 Å². The van der Waals surface area contributed by atoms with Gasteiger partial charge in [-0.15, -0.1) is 0 Å². The first-order valence-corrected chi connectivity index (χ1v) is 5.32. The van der Waals surface area contributed by atoms with Gasteiger partial charge < -0.3 is 15.6 Å². The molecule has 0 amide bonds. The van der Waals surface area contributed by atoms with Gasteiger partial charge in [-0.3, -0.25) is 0 Å². The molecule has 0 bridgehead atoms. The van der Waals surface area contributed by atoms with Gasteiger partial charge in [-0.05, 0) is 25.5 Å². The monoisotopic (exact) mass is 225 g/mol. The van der Waals surface area contributed by atoms with Crippen molar-refractivity contribution in [3.63, 3.8) is 0 Å². The summed E-state index contributed by atoms with van der Waals surface area (Å²) >= 11 is 0. The van der Waals surface area contributed by atoms with E-state index in [2.05, 4.69) is 0 Å². The molecule has 3 N–H and O–H groups in total. The van der Waals surface area contributed by atoms with Crippen LogP contribution in [-0.4, -0.2) is 17.3 Å². The van der Waals surface area contributed by atoms with Crippen LogP contribution in [0.4, 0.5) is 4.39 Å². The van der Waals surface area contributed by atoms with E-state index in [-0.39, 0.29) is 17.7 Å². The number of hydrogen-bond donors (Lipinski definition) is 2. The highest BCUT2D eigenvalue weighted by Gasteiger charge is 2.31. The molecule has 1 atom stereocenters. The standard InChI is InChI=1S/C12H16FNO2/c1-12(2)5-7-3-8(10(15)6-14)9(13)4-11(7)16-12/h3-4,10,15H,5-6,14H2,1-2H3. The summed E-state index contributed by atoms with van der Waals surface area (Å²) < 4.78 is 19.2. The average molecular weight is 225 g/mol. The van der Waals surface area contributed by atoms with Crippen LogP contribution >= 0.6 is 0 Å². The van der Waals surface area contributed by atoms with Crippen molar-refractivity contribution in [2.24, 2.45) is 5.73 Å². The molecular formula is C12H16FNO2. The lowest BCUT2D eigenvalue weighted by Gasteiger charge is -2.16. The second kappa shape index (κ2) is 3.71. The molecule has 0 aliphatic carbocycles. The van der Waals surface area contributed by atoms with Crippen LogP contribution in [-0.2, 0) is 6.42 Å².